The molecule has 1 atom stereocenters. The van der Waals surface area contributed by atoms with Crippen LogP contribution in [0.4, 0.5) is 8.78 Å². The molecule has 1 aromatic rings. The molecule has 2 rings (SSSR count). The highest BCUT2D eigenvalue weighted by Crippen LogP contribution is 2.33. The first-order valence-electron chi connectivity index (χ1n) is 9.29. The summed E-state index contributed by atoms with van der Waals surface area (Å²) in [6.07, 6.45) is 2.45. The maximum atomic E-state index is 14.8. The Hall–Kier alpha value is -1.49. The summed E-state index contributed by atoms with van der Waals surface area (Å²) in [6.45, 7) is 7.90. The Kier molecular flexibility index (Phi) is 6.55. The van der Waals surface area contributed by atoms with Gasteiger partial charge >= 0.3 is 5.92 Å². The molecule has 0 radical (unpaired) electrons. The number of benzene rings is 1. The molecule has 0 aromatic heterocycles. The van der Waals surface area contributed by atoms with Gasteiger partial charge in [0.25, 0.3) is 5.91 Å². The second-order valence-corrected chi connectivity index (χ2v) is 7.13. The lowest BCUT2D eigenvalue weighted by molar-refractivity contribution is -0.162. The lowest BCUT2D eigenvalue weighted by atomic mass is 9.95. The van der Waals surface area contributed by atoms with Crippen molar-refractivity contribution in [3.05, 3.63) is 35.4 Å². The Morgan fingerprint density at radius 1 is 1.24 bits per heavy atom. The van der Waals surface area contributed by atoms with Gasteiger partial charge < -0.3 is 9.80 Å². The zero-order chi connectivity index (χ0) is 18.6. The number of rotatable bonds is 6. The van der Waals surface area contributed by atoms with Crippen molar-refractivity contribution in [1.29, 1.82) is 0 Å². The molecule has 0 bridgehead atoms. The number of carbonyl (C=O) groups excluding carboxylic acids is 1. The molecule has 3 nitrogen and oxygen atoms in total. The topological polar surface area (TPSA) is 23.6 Å². The summed E-state index contributed by atoms with van der Waals surface area (Å²) < 4.78 is 29.7. The average molecular weight is 352 g/mol. The number of nitrogens with zero attached hydrogens (tertiary/aromatic N) is 2. The fraction of sp³-hybridized carbons (Fsp3) is 0.650. The van der Waals surface area contributed by atoms with E-state index in [4.69, 9.17) is 0 Å². The predicted molar refractivity (Wildman–Crippen MR) is 96.9 cm³/mol. The maximum absolute atomic E-state index is 14.8. The minimum atomic E-state index is -3.48. The van der Waals surface area contributed by atoms with Crippen molar-refractivity contribution in [3.63, 3.8) is 0 Å². The van der Waals surface area contributed by atoms with Crippen LogP contribution in [-0.4, -0.2) is 48.4 Å². The van der Waals surface area contributed by atoms with Gasteiger partial charge in [0.2, 0.25) is 0 Å². The first-order valence-corrected chi connectivity index (χ1v) is 9.29. The fourth-order valence-electron chi connectivity index (χ4n) is 3.43. The van der Waals surface area contributed by atoms with Crippen molar-refractivity contribution < 1.29 is 13.6 Å². The van der Waals surface area contributed by atoms with Crippen LogP contribution in [0, 0.1) is 0 Å². The molecule has 1 heterocycles. The van der Waals surface area contributed by atoms with Gasteiger partial charge in [-0.15, -0.1) is 0 Å². The standard InChI is InChI=1S/C20H30F2N2O/c1-5-15(3)16-7-9-17(10-8-16)20(21,22)19(25)24(6-2)18-11-13-23(4)14-12-18/h7-10,15,18H,5-6,11-14H2,1-4H3. The van der Waals surface area contributed by atoms with Crippen LogP contribution < -0.4 is 0 Å². The first kappa shape index (κ1) is 19.8. The summed E-state index contributed by atoms with van der Waals surface area (Å²) in [5.74, 6) is -4.22. The Bertz CT molecular complexity index is 566. The van der Waals surface area contributed by atoms with Gasteiger partial charge in [-0.2, -0.15) is 8.78 Å². The van der Waals surface area contributed by atoms with Crippen LogP contribution in [0.5, 0.6) is 0 Å². The molecule has 1 saturated heterocycles. The van der Waals surface area contributed by atoms with Gasteiger partial charge in [0.05, 0.1) is 0 Å². The summed E-state index contributed by atoms with van der Waals surface area (Å²) in [5, 5.41) is 0. The first-order chi connectivity index (χ1) is 11.8. The normalized spacial score (nSPS) is 18.2. The number of hydrogen-bond acceptors (Lipinski definition) is 2. The van der Waals surface area contributed by atoms with E-state index < -0.39 is 11.8 Å². The number of halogens is 2. The molecule has 1 aliphatic rings. The second kappa shape index (κ2) is 8.26. The van der Waals surface area contributed by atoms with Crippen LogP contribution >= 0.6 is 0 Å². The van der Waals surface area contributed by atoms with Gasteiger partial charge in [0.15, 0.2) is 0 Å². The summed E-state index contributed by atoms with van der Waals surface area (Å²) in [5.41, 5.74) is 0.813. The molecule has 1 amide bonds. The molecule has 140 valence electrons. The van der Waals surface area contributed by atoms with Gasteiger partial charge in [0.1, 0.15) is 0 Å². The van der Waals surface area contributed by atoms with Crippen LogP contribution in [-0.2, 0) is 10.7 Å². The van der Waals surface area contributed by atoms with Crippen molar-refractivity contribution in [2.75, 3.05) is 26.7 Å². The third-order valence-electron chi connectivity index (χ3n) is 5.45. The number of amides is 1. The van der Waals surface area contributed by atoms with Crippen molar-refractivity contribution in [3.8, 4) is 0 Å². The number of likely N-dealkylation sites (tertiary alicyclic amines) is 1. The third kappa shape index (κ3) is 4.38. The molecule has 25 heavy (non-hydrogen) atoms. The van der Waals surface area contributed by atoms with Crippen LogP contribution in [0.1, 0.15) is 57.1 Å². The largest absolute Gasteiger partial charge is 0.349 e. The quantitative estimate of drug-likeness (QED) is 0.765. The van der Waals surface area contributed by atoms with Crippen molar-refractivity contribution in [1.82, 2.24) is 9.80 Å². The zero-order valence-electron chi connectivity index (χ0n) is 15.8. The number of alkyl halides is 2. The highest BCUT2D eigenvalue weighted by atomic mass is 19.3. The number of likely N-dealkylation sites (N-methyl/N-ethyl adjacent to an activating group) is 1. The molecule has 1 aromatic carbocycles. The minimum absolute atomic E-state index is 0.0982. The molecular formula is C20H30F2N2O. The van der Waals surface area contributed by atoms with E-state index >= 15 is 0 Å². The lowest BCUT2D eigenvalue weighted by Crippen LogP contribution is -2.51. The van der Waals surface area contributed by atoms with Crippen LogP contribution in [0.25, 0.3) is 0 Å². The van der Waals surface area contributed by atoms with E-state index in [0.29, 0.717) is 12.5 Å². The maximum Gasteiger partial charge on any atom is 0.349 e. The highest BCUT2D eigenvalue weighted by molar-refractivity contribution is 5.85. The van der Waals surface area contributed by atoms with Gasteiger partial charge in [-0.25, -0.2) is 0 Å². The summed E-state index contributed by atoms with van der Waals surface area (Å²) >= 11 is 0. The molecule has 0 saturated carbocycles. The average Bonchev–Trinajstić information content (AvgIpc) is 2.63. The Labute approximate surface area is 150 Å². The zero-order valence-corrected chi connectivity index (χ0v) is 15.8. The van der Waals surface area contributed by atoms with Crippen molar-refractivity contribution in [2.45, 2.75) is 57.9 Å². The van der Waals surface area contributed by atoms with E-state index in [9.17, 15) is 13.6 Å². The van der Waals surface area contributed by atoms with E-state index in [0.717, 1.165) is 37.9 Å². The van der Waals surface area contributed by atoms with Gasteiger partial charge in [-0.3, -0.25) is 4.79 Å². The number of carbonyl (C=O) groups is 1. The third-order valence-corrected chi connectivity index (χ3v) is 5.45. The molecule has 1 fully saturated rings. The van der Waals surface area contributed by atoms with Crippen LogP contribution in [0.3, 0.4) is 0 Å². The SMILES string of the molecule is CCC(C)c1ccc(C(F)(F)C(=O)N(CC)C2CCN(C)CC2)cc1. The van der Waals surface area contributed by atoms with Crippen molar-refractivity contribution in [2.24, 2.45) is 0 Å². The molecule has 1 aliphatic heterocycles. The Balaban J connectivity index is 2.17. The summed E-state index contributed by atoms with van der Waals surface area (Å²) in [7, 11) is 2.02. The fourth-order valence-corrected chi connectivity index (χ4v) is 3.43. The second-order valence-electron chi connectivity index (χ2n) is 7.13. The van der Waals surface area contributed by atoms with Crippen LogP contribution in [0.2, 0.25) is 0 Å². The van der Waals surface area contributed by atoms with Gasteiger partial charge in [0, 0.05) is 18.2 Å². The number of hydrogen-bond donors (Lipinski definition) is 0. The smallest absolute Gasteiger partial charge is 0.334 e. The lowest BCUT2D eigenvalue weighted by Gasteiger charge is -2.38. The minimum Gasteiger partial charge on any atom is -0.334 e. The Morgan fingerprint density at radius 3 is 2.28 bits per heavy atom. The van der Waals surface area contributed by atoms with E-state index in [2.05, 4.69) is 18.7 Å². The van der Waals surface area contributed by atoms with Gasteiger partial charge in [-0.1, -0.05) is 38.1 Å². The summed E-state index contributed by atoms with van der Waals surface area (Å²) in [4.78, 5) is 16.2. The van der Waals surface area contributed by atoms with E-state index in [-0.39, 0.29) is 11.6 Å². The van der Waals surface area contributed by atoms with Crippen molar-refractivity contribution >= 4 is 5.91 Å². The predicted octanol–water partition coefficient (Wildman–Crippen LogP) is 4.23. The summed E-state index contributed by atoms with van der Waals surface area (Å²) in [6, 6.07) is 6.15. The van der Waals surface area contributed by atoms with E-state index in [1.807, 2.05) is 7.05 Å². The van der Waals surface area contributed by atoms with E-state index in [1.165, 1.54) is 17.0 Å². The molecule has 0 spiro atoms. The number of piperidine rings is 1. The molecule has 5 heteroatoms. The monoisotopic (exact) mass is 352 g/mol. The highest BCUT2D eigenvalue weighted by Gasteiger charge is 2.45. The van der Waals surface area contributed by atoms with E-state index in [1.54, 1.807) is 19.1 Å². The molecule has 0 N–H and O–H groups in total. The molecule has 0 aliphatic carbocycles. The molecule has 1 unspecified atom stereocenters. The Morgan fingerprint density at radius 2 is 1.80 bits per heavy atom. The van der Waals surface area contributed by atoms with Crippen LogP contribution in [0.15, 0.2) is 24.3 Å². The van der Waals surface area contributed by atoms with Gasteiger partial charge in [-0.05, 0) is 57.8 Å². The molecular weight excluding hydrogens is 322 g/mol.